The Morgan fingerprint density at radius 1 is 1.08 bits per heavy atom. The molecule has 0 spiro atoms. The molecule has 7 nitrogen and oxygen atoms in total. The maximum atomic E-state index is 12.6. The number of aromatic nitrogens is 2. The van der Waals surface area contributed by atoms with Crippen molar-refractivity contribution in [1.29, 1.82) is 0 Å². The van der Waals surface area contributed by atoms with E-state index in [2.05, 4.69) is 5.10 Å². The summed E-state index contributed by atoms with van der Waals surface area (Å²) >= 11 is 0. The van der Waals surface area contributed by atoms with Crippen molar-refractivity contribution >= 4 is 11.9 Å². The highest BCUT2D eigenvalue weighted by Gasteiger charge is 2.44. The third-order valence-electron chi connectivity index (χ3n) is 4.82. The van der Waals surface area contributed by atoms with E-state index in [0.29, 0.717) is 25.9 Å². The van der Waals surface area contributed by atoms with Crippen molar-refractivity contribution in [2.75, 3.05) is 13.1 Å². The highest BCUT2D eigenvalue weighted by atomic mass is 16.4. The maximum absolute atomic E-state index is 12.6. The number of carboxylic acids is 1. The summed E-state index contributed by atoms with van der Waals surface area (Å²) in [6.45, 7) is 0.648. The van der Waals surface area contributed by atoms with Crippen molar-refractivity contribution in [2.24, 2.45) is 7.05 Å². The molecule has 2 heterocycles. The fraction of sp³-hybridized carbons (Fsp3) is 0.333. The molecule has 0 aliphatic carbocycles. The second-order valence-electron chi connectivity index (χ2n) is 6.23. The lowest BCUT2D eigenvalue weighted by Crippen LogP contribution is -2.49. The second kappa shape index (κ2) is 6.51. The van der Waals surface area contributed by atoms with E-state index in [-0.39, 0.29) is 17.2 Å². The van der Waals surface area contributed by atoms with Gasteiger partial charge in [0, 0.05) is 26.2 Å². The van der Waals surface area contributed by atoms with Crippen LogP contribution in [-0.4, -0.2) is 44.8 Å². The average Bonchev–Trinajstić information content (AvgIpc) is 2.64. The van der Waals surface area contributed by atoms with Crippen LogP contribution in [0.2, 0.25) is 0 Å². The van der Waals surface area contributed by atoms with E-state index in [9.17, 15) is 19.5 Å². The lowest BCUT2D eigenvalue weighted by atomic mass is 9.73. The van der Waals surface area contributed by atoms with Crippen molar-refractivity contribution < 1.29 is 14.7 Å². The van der Waals surface area contributed by atoms with Crippen LogP contribution in [0.4, 0.5) is 0 Å². The zero-order valence-corrected chi connectivity index (χ0v) is 13.9. The molecule has 2 aromatic rings. The quantitative estimate of drug-likeness (QED) is 0.900. The molecular formula is C18H19N3O4. The Morgan fingerprint density at radius 2 is 1.72 bits per heavy atom. The largest absolute Gasteiger partial charge is 0.481 e. The number of carboxylic acid groups (broad SMARTS) is 1. The number of carbonyl (C=O) groups excluding carboxylic acids is 1. The first-order valence-electron chi connectivity index (χ1n) is 8.06. The molecule has 0 bridgehead atoms. The smallest absolute Gasteiger partial charge is 0.314 e. The van der Waals surface area contributed by atoms with Crippen LogP contribution in [-0.2, 0) is 17.3 Å². The van der Waals surface area contributed by atoms with E-state index in [1.54, 1.807) is 4.90 Å². The Balaban J connectivity index is 1.80. The summed E-state index contributed by atoms with van der Waals surface area (Å²) in [6, 6.07) is 11.8. The number of aryl methyl sites for hydroxylation is 1. The molecule has 1 aliphatic rings. The SMILES string of the molecule is Cn1nc(C(=O)N2CCC(C(=O)O)(c3ccccc3)CC2)ccc1=O. The van der Waals surface area contributed by atoms with Crippen molar-refractivity contribution in [3.63, 3.8) is 0 Å². The summed E-state index contributed by atoms with van der Waals surface area (Å²) in [7, 11) is 1.49. The minimum absolute atomic E-state index is 0.185. The molecule has 1 aromatic heterocycles. The monoisotopic (exact) mass is 341 g/mol. The Bertz CT molecular complexity index is 852. The Kier molecular flexibility index (Phi) is 4.39. The molecule has 1 amide bonds. The van der Waals surface area contributed by atoms with Crippen molar-refractivity contribution in [3.05, 3.63) is 64.1 Å². The Hall–Kier alpha value is -2.96. The lowest BCUT2D eigenvalue weighted by molar-refractivity contribution is -0.145. The number of rotatable bonds is 3. The minimum atomic E-state index is -0.977. The van der Waals surface area contributed by atoms with Crippen LogP contribution in [0.1, 0.15) is 28.9 Å². The third kappa shape index (κ3) is 3.05. The minimum Gasteiger partial charge on any atom is -0.481 e. The predicted molar refractivity (Wildman–Crippen MR) is 90.4 cm³/mol. The van der Waals surface area contributed by atoms with Gasteiger partial charge in [-0.05, 0) is 24.5 Å². The van der Waals surface area contributed by atoms with E-state index in [4.69, 9.17) is 0 Å². The number of hydrogen-bond donors (Lipinski definition) is 1. The highest BCUT2D eigenvalue weighted by Crippen LogP contribution is 2.36. The Labute approximate surface area is 144 Å². The summed E-state index contributed by atoms with van der Waals surface area (Å²) in [5, 5.41) is 13.8. The number of benzene rings is 1. The van der Waals surface area contributed by atoms with Crippen molar-refractivity contribution in [3.8, 4) is 0 Å². The van der Waals surface area contributed by atoms with Gasteiger partial charge in [-0.2, -0.15) is 5.10 Å². The third-order valence-corrected chi connectivity index (χ3v) is 4.82. The highest BCUT2D eigenvalue weighted by molar-refractivity contribution is 5.92. The normalized spacial score (nSPS) is 16.4. The molecular weight excluding hydrogens is 322 g/mol. The molecule has 0 radical (unpaired) electrons. The van der Waals surface area contributed by atoms with Crippen LogP contribution in [0, 0.1) is 0 Å². The van der Waals surface area contributed by atoms with Gasteiger partial charge in [0.25, 0.3) is 11.5 Å². The molecule has 7 heteroatoms. The molecule has 1 aliphatic heterocycles. The fourth-order valence-corrected chi connectivity index (χ4v) is 3.25. The number of nitrogens with zero attached hydrogens (tertiary/aromatic N) is 3. The number of likely N-dealkylation sites (tertiary alicyclic amines) is 1. The zero-order chi connectivity index (χ0) is 18.0. The molecule has 1 N–H and O–H groups in total. The summed E-state index contributed by atoms with van der Waals surface area (Å²) in [4.78, 5) is 37.5. The number of hydrogen-bond acceptors (Lipinski definition) is 4. The first-order chi connectivity index (χ1) is 11.9. The van der Waals surface area contributed by atoms with Gasteiger partial charge in [0.1, 0.15) is 5.69 Å². The first kappa shape index (κ1) is 16.9. The van der Waals surface area contributed by atoms with Gasteiger partial charge in [0.15, 0.2) is 0 Å². The first-order valence-corrected chi connectivity index (χ1v) is 8.06. The van der Waals surface area contributed by atoms with Gasteiger partial charge < -0.3 is 10.0 Å². The predicted octanol–water partition coefficient (Wildman–Crippen LogP) is 1.04. The molecule has 0 atom stereocenters. The number of aliphatic carboxylic acids is 1. The molecule has 1 saturated heterocycles. The van der Waals surface area contributed by atoms with Crippen molar-refractivity contribution in [2.45, 2.75) is 18.3 Å². The molecule has 25 heavy (non-hydrogen) atoms. The van der Waals surface area contributed by atoms with E-state index >= 15 is 0 Å². The van der Waals surface area contributed by atoms with Crippen LogP contribution in [0.3, 0.4) is 0 Å². The molecule has 130 valence electrons. The van der Waals surface area contributed by atoms with Crippen LogP contribution in [0.15, 0.2) is 47.3 Å². The number of carbonyl (C=O) groups is 2. The van der Waals surface area contributed by atoms with Crippen LogP contribution < -0.4 is 5.56 Å². The number of amides is 1. The fourth-order valence-electron chi connectivity index (χ4n) is 3.25. The van der Waals surface area contributed by atoms with Crippen LogP contribution >= 0.6 is 0 Å². The van der Waals surface area contributed by atoms with Gasteiger partial charge in [0.2, 0.25) is 0 Å². The van der Waals surface area contributed by atoms with Crippen LogP contribution in [0.25, 0.3) is 0 Å². The molecule has 0 saturated carbocycles. The standard InChI is InChI=1S/C18H19N3O4/c1-20-15(22)8-7-14(19-20)16(23)21-11-9-18(10-12-21,17(24)25)13-5-3-2-4-6-13/h2-8H,9-12H2,1H3,(H,24,25). The summed E-state index contributed by atoms with van der Waals surface area (Å²) in [5.74, 6) is -1.16. The molecule has 1 aromatic carbocycles. The zero-order valence-electron chi connectivity index (χ0n) is 13.9. The maximum Gasteiger partial charge on any atom is 0.314 e. The van der Waals surface area contributed by atoms with Gasteiger partial charge in [-0.25, -0.2) is 4.68 Å². The second-order valence-corrected chi connectivity index (χ2v) is 6.23. The average molecular weight is 341 g/mol. The Morgan fingerprint density at radius 3 is 2.28 bits per heavy atom. The van der Waals surface area contributed by atoms with E-state index in [0.717, 1.165) is 10.2 Å². The van der Waals surface area contributed by atoms with Crippen LogP contribution in [0.5, 0.6) is 0 Å². The lowest BCUT2D eigenvalue weighted by Gasteiger charge is -2.39. The summed E-state index contributed by atoms with van der Waals surface area (Å²) in [6.07, 6.45) is 0.674. The van der Waals surface area contributed by atoms with E-state index < -0.39 is 11.4 Å². The van der Waals surface area contributed by atoms with E-state index in [1.807, 2.05) is 30.3 Å². The van der Waals surface area contributed by atoms with Gasteiger partial charge in [-0.3, -0.25) is 14.4 Å². The number of piperidine rings is 1. The summed E-state index contributed by atoms with van der Waals surface area (Å²) in [5.41, 5.74) is -0.321. The van der Waals surface area contributed by atoms with Gasteiger partial charge in [-0.15, -0.1) is 0 Å². The van der Waals surface area contributed by atoms with Gasteiger partial charge in [0.05, 0.1) is 5.41 Å². The van der Waals surface area contributed by atoms with Gasteiger partial charge >= 0.3 is 5.97 Å². The molecule has 0 unspecified atom stereocenters. The van der Waals surface area contributed by atoms with Crippen molar-refractivity contribution in [1.82, 2.24) is 14.7 Å². The topological polar surface area (TPSA) is 92.5 Å². The molecule has 1 fully saturated rings. The van der Waals surface area contributed by atoms with Gasteiger partial charge in [-0.1, -0.05) is 30.3 Å². The molecule has 3 rings (SSSR count). The van der Waals surface area contributed by atoms with E-state index in [1.165, 1.54) is 19.2 Å². The summed E-state index contributed by atoms with van der Waals surface area (Å²) < 4.78 is 1.11.